The average molecular weight is 770 g/mol. The van der Waals surface area contributed by atoms with Crippen molar-refractivity contribution in [2.45, 2.75) is 13.8 Å². The maximum Gasteiger partial charge on any atom is 0.333 e. The summed E-state index contributed by atoms with van der Waals surface area (Å²) >= 11 is 0. The van der Waals surface area contributed by atoms with Crippen molar-refractivity contribution in [1.82, 2.24) is 0 Å². The molecule has 6 aromatic carbocycles. The largest absolute Gasteiger partial charge is 0.486 e. The summed E-state index contributed by atoms with van der Waals surface area (Å²) < 4.78 is 0. The van der Waals surface area contributed by atoms with Crippen LogP contribution in [-0.2, 0) is 9.59 Å². The first kappa shape index (κ1) is 40.4. The summed E-state index contributed by atoms with van der Waals surface area (Å²) in [5.41, 5.74) is 12.2. The standard InChI is InChI=1S/C52H39N3O4/c1-36-31-37(2)33-45(32-36)18-13-42-23-29-48(30-24-42)55(46-25-19-40(20-26-46)7-5-38-9-14-43(15-10-38)34-49(53-3)51(56)57)47-27-21-41(22-28-47)8-6-39-11-16-44(17-12-39)35-50(54-4)52(58)59/h5-35H,1-2H3,(H,56,57)(H,58,59)/b7-5+,8-6+,18-13+,49-34-,50-35-. The molecule has 0 bridgehead atoms. The van der Waals surface area contributed by atoms with E-state index in [1.807, 2.05) is 48.6 Å². The molecule has 0 aromatic heterocycles. The van der Waals surface area contributed by atoms with Crippen LogP contribution in [0.5, 0.6) is 0 Å². The van der Waals surface area contributed by atoms with Crippen LogP contribution >= 0.6 is 0 Å². The summed E-state index contributed by atoms with van der Waals surface area (Å²) in [7, 11) is 0. The van der Waals surface area contributed by atoms with Crippen LogP contribution in [0.3, 0.4) is 0 Å². The molecule has 0 radical (unpaired) electrons. The zero-order valence-corrected chi connectivity index (χ0v) is 32.5. The molecule has 0 fully saturated rings. The number of aliphatic carboxylic acids is 2. The number of benzene rings is 6. The first-order chi connectivity index (χ1) is 28.6. The van der Waals surface area contributed by atoms with Gasteiger partial charge >= 0.3 is 11.9 Å². The van der Waals surface area contributed by atoms with E-state index in [2.05, 4.69) is 132 Å². The van der Waals surface area contributed by atoms with Gasteiger partial charge in [-0.3, -0.25) is 9.59 Å². The highest BCUT2D eigenvalue weighted by Gasteiger charge is 2.13. The Hall–Kier alpha value is -8.26. The number of aryl methyl sites for hydroxylation is 2. The van der Waals surface area contributed by atoms with Gasteiger partial charge in [0.05, 0.1) is 13.1 Å². The van der Waals surface area contributed by atoms with Crippen molar-refractivity contribution >= 4 is 77.6 Å². The van der Waals surface area contributed by atoms with Crippen LogP contribution in [0.25, 0.3) is 58.3 Å². The van der Waals surface area contributed by atoms with E-state index in [1.54, 1.807) is 24.3 Å². The summed E-state index contributed by atoms with van der Waals surface area (Å²) in [6, 6.07) is 46.3. The highest BCUT2D eigenvalue weighted by Crippen LogP contribution is 2.35. The number of nitrogens with zero attached hydrogens (tertiary/aromatic N) is 3. The second-order valence-electron chi connectivity index (χ2n) is 13.8. The monoisotopic (exact) mass is 769 g/mol. The summed E-state index contributed by atoms with van der Waals surface area (Å²) in [5, 5.41) is 18.3. The number of carboxylic acid groups (broad SMARTS) is 2. The van der Waals surface area contributed by atoms with Crippen molar-refractivity contribution in [3.8, 4) is 0 Å². The second kappa shape index (κ2) is 19.1. The molecule has 0 saturated carbocycles. The molecule has 0 atom stereocenters. The quantitative estimate of drug-likeness (QED) is 0.0694. The van der Waals surface area contributed by atoms with E-state index in [9.17, 15) is 9.59 Å². The van der Waals surface area contributed by atoms with E-state index >= 15 is 0 Å². The third kappa shape index (κ3) is 11.2. The minimum atomic E-state index is -1.25. The molecule has 0 aliphatic heterocycles. The van der Waals surface area contributed by atoms with Crippen LogP contribution < -0.4 is 4.90 Å². The number of hydrogen-bond donors (Lipinski definition) is 2. The number of rotatable bonds is 13. The fraction of sp³-hybridized carbons (Fsp3) is 0.0385. The lowest BCUT2D eigenvalue weighted by Crippen LogP contribution is -2.09. The van der Waals surface area contributed by atoms with Gasteiger partial charge in [-0.2, -0.15) is 0 Å². The third-order valence-electron chi connectivity index (χ3n) is 9.26. The van der Waals surface area contributed by atoms with Crippen LogP contribution in [0.2, 0.25) is 0 Å². The van der Waals surface area contributed by atoms with Crippen LogP contribution in [0.15, 0.2) is 151 Å². The zero-order valence-electron chi connectivity index (χ0n) is 32.5. The topological polar surface area (TPSA) is 86.6 Å². The van der Waals surface area contributed by atoms with Gasteiger partial charge in [0.25, 0.3) is 11.4 Å². The molecule has 0 amide bonds. The minimum absolute atomic E-state index is 0.331. The van der Waals surface area contributed by atoms with Crippen LogP contribution in [0.4, 0.5) is 17.1 Å². The molecule has 286 valence electrons. The summed E-state index contributed by atoms with van der Waals surface area (Å²) in [6.07, 6.45) is 15.0. The molecule has 2 N–H and O–H groups in total. The van der Waals surface area contributed by atoms with Crippen LogP contribution in [-0.4, -0.2) is 22.2 Å². The van der Waals surface area contributed by atoms with Gasteiger partial charge in [-0.25, -0.2) is 9.69 Å². The molecule has 0 spiro atoms. The van der Waals surface area contributed by atoms with Crippen molar-refractivity contribution in [2.75, 3.05) is 4.90 Å². The smallest absolute Gasteiger partial charge is 0.333 e. The molecule has 7 nitrogen and oxygen atoms in total. The third-order valence-corrected chi connectivity index (χ3v) is 9.26. The van der Waals surface area contributed by atoms with Crippen LogP contribution in [0, 0.1) is 27.0 Å². The van der Waals surface area contributed by atoms with E-state index in [-0.39, 0.29) is 11.4 Å². The van der Waals surface area contributed by atoms with Gasteiger partial charge in [-0.05, 0) is 107 Å². The minimum Gasteiger partial charge on any atom is -0.486 e. The molecule has 59 heavy (non-hydrogen) atoms. The summed E-state index contributed by atoms with van der Waals surface area (Å²) in [5.74, 6) is -2.50. The van der Waals surface area contributed by atoms with Crippen molar-refractivity contribution in [2.24, 2.45) is 0 Å². The Morgan fingerprint density at radius 1 is 0.424 bits per heavy atom. The normalized spacial score (nSPS) is 11.8. The number of carboxylic acids is 2. The fourth-order valence-electron chi connectivity index (χ4n) is 6.34. The molecule has 7 heteroatoms. The lowest BCUT2D eigenvalue weighted by atomic mass is 10.1. The SMILES string of the molecule is [C-]#[N+]/C(=C\c1ccc(/C=C/c2ccc(N(c3ccc(/C=C/c4ccc(/C=C(\[N+]#[C-])C(=O)O)cc4)cc3)c3ccc(/C=C/c4cc(C)cc(C)c4)cc3)cc2)cc1)C(=O)O. The van der Waals surface area contributed by atoms with Crippen molar-refractivity contribution in [3.63, 3.8) is 0 Å². The Labute approximate surface area is 344 Å². The zero-order chi connectivity index (χ0) is 41.7. The predicted octanol–water partition coefficient (Wildman–Crippen LogP) is 13.0. The molecule has 0 aliphatic carbocycles. The first-order valence-corrected chi connectivity index (χ1v) is 18.6. The highest BCUT2D eigenvalue weighted by atomic mass is 16.4. The lowest BCUT2D eigenvalue weighted by Gasteiger charge is -2.26. The first-order valence-electron chi connectivity index (χ1n) is 18.6. The summed E-state index contributed by atoms with van der Waals surface area (Å²) in [4.78, 5) is 30.7. The van der Waals surface area contributed by atoms with Gasteiger partial charge in [0.15, 0.2) is 0 Å². The van der Waals surface area contributed by atoms with Gasteiger partial charge in [0.1, 0.15) is 0 Å². The van der Waals surface area contributed by atoms with Gasteiger partial charge in [0, 0.05) is 17.1 Å². The van der Waals surface area contributed by atoms with E-state index in [0.29, 0.717) is 11.1 Å². The number of hydrogen-bond acceptors (Lipinski definition) is 3. The van der Waals surface area contributed by atoms with Gasteiger partial charge < -0.3 is 15.1 Å². The summed E-state index contributed by atoms with van der Waals surface area (Å²) in [6.45, 7) is 18.3. The molecule has 6 aromatic rings. The Morgan fingerprint density at radius 3 is 0.949 bits per heavy atom. The fourth-order valence-corrected chi connectivity index (χ4v) is 6.34. The molecule has 0 aliphatic rings. The predicted molar refractivity (Wildman–Crippen MR) is 241 cm³/mol. The van der Waals surface area contributed by atoms with Crippen molar-refractivity contribution < 1.29 is 19.8 Å². The Kier molecular flexibility index (Phi) is 13.1. The average Bonchev–Trinajstić information content (AvgIpc) is 3.24. The molecular formula is C52H39N3O4. The van der Waals surface area contributed by atoms with Crippen molar-refractivity contribution in [3.05, 3.63) is 229 Å². The maximum atomic E-state index is 11.2. The highest BCUT2D eigenvalue weighted by molar-refractivity contribution is 5.95. The van der Waals surface area contributed by atoms with E-state index in [4.69, 9.17) is 23.4 Å². The van der Waals surface area contributed by atoms with Crippen molar-refractivity contribution in [1.29, 1.82) is 0 Å². The van der Waals surface area contributed by atoms with E-state index < -0.39 is 11.9 Å². The van der Waals surface area contributed by atoms with E-state index in [1.165, 1.54) is 23.3 Å². The molecule has 0 heterocycles. The Bertz CT molecular complexity index is 2550. The molecule has 0 saturated heterocycles. The number of carbonyl (C=O) groups is 2. The maximum absolute atomic E-state index is 11.2. The molecule has 0 unspecified atom stereocenters. The van der Waals surface area contributed by atoms with Crippen LogP contribution in [0.1, 0.15) is 55.6 Å². The Morgan fingerprint density at radius 2 is 0.678 bits per heavy atom. The Balaban J connectivity index is 1.24. The number of anilines is 3. The van der Waals surface area contributed by atoms with Gasteiger partial charge in [-0.15, -0.1) is 0 Å². The molecular weight excluding hydrogens is 731 g/mol. The van der Waals surface area contributed by atoms with Gasteiger partial charge in [-0.1, -0.05) is 151 Å². The lowest BCUT2D eigenvalue weighted by molar-refractivity contribution is -0.133. The second-order valence-corrected chi connectivity index (χ2v) is 13.8. The van der Waals surface area contributed by atoms with Gasteiger partial charge in [0.2, 0.25) is 0 Å². The van der Waals surface area contributed by atoms with E-state index in [0.717, 1.165) is 50.4 Å². The molecule has 6 rings (SSSR count).